The molecule has 18 heavy (non-hydrogen) atoms. The molecular formula is C14H15NO3. The Morgan fingerprint density at radius 1 is 1.28 bits per heavy atom. The van der Waals surface area contributed by atoms with Gasteiger partial charge in [-0.25, -0.2) is 0 Å². The van der Waals surface area contributed by atoms with E-state index in [1.807, 2.05) is 24.3 Å². The predicted molar refractivity (Wildman–Crippen MR) is 67.0 cm³/mol. The molecule has 0 aliphatic rings. The van der Waals surface area contributed by atoms with E-state index in [0.717, 1.165) is 11.1 Å². The lowest BCUT2D eigenvalue weighted by molar-refractivity contribution is 0.0949. The summed E-state index contributed by atoms with van der Waals surface area (Å²) < 4.78 is 5.08. The van der Waals surface area contributed by atoms with Gasteiger partial charge < -0.3 is 14.8 Å². The fourth-order valence-electron chi connectivity index (χ4n) is 1.78. The van der Waals surface area contributed by atoms with Crippen molar-refractivity contribution in [3.05, 3.63) is 59.0 Å². The molecular weight excluding hydrogens is 230 g/mol. The molecule has 0 unspecified atom stereocenters. The number of hydrogen-bond acceptors (Lipinski definition) is 3. The topological polar surface area (TPSA) is 62.5 Å². The molecule has 0 spiro atoms. The number of benzene rings is 1. The molecule has 0 saturated heterocycles. The summed E-state index contributed by atoms with van der Waals surface area (Å²) in [6.07, 6.45) is 1.49. The summed E-state index contributed by atoms with van der Waals surface area (Å²) in [5.41, 5.74) is 2.27. The molecule has 2 rings (SSSR count). The number of furan rings is 1. The van der Waals surface area contributed by atoms with Crippen LogP contribution in [0.1, 0.15) is 27.2 Å². The molecule has 94 valence electrons. The second-order valence-electron chi connectivity index (χ2n) is 4.00. The highest BCUT2D eigenvalue weighted by Gasteiger charge is 2.11. The third-order valence-corrected chi connectivity index (χ3v) is 2.83. The second-order valence-corrected chi connectivity index (χ2v) is 4.00. The van der Waals surface area contributed by atoms with Crippen LogP contribution in [0.25, 0.3) is 0 Å². The van der Waals surface area contributed by atoms with E-state index in [2.05, 4.69) is 5.32 Å². The number of aliphatic hydroxyl groups excluding tert-OH is 1. The Kier molecular flexibility index (Phi) is 3.79. The molecule has 1 aromatic carbocycles. The van der Waals surface area contributed by atoms with E-state index >= 15 is 0 Å². The van der Waals surface area contributed by atoms with Crippen LogP contribution in [0.3, 0.4) is 0 Å². The highest BCUT2D eigenvalue weighted by atomic mass is 16.3. The maximum Gasteiger partial charge on any atom is 0.255 e. The molecule has 0 saturated carbocycles. The van der Waals surface area contributed by atoms with Crippen LogP contribution in [0.2, 0.25) is 0 Å². The highest BCUT2D eigenvalue weighted by Crippen LogP contribution is 2.11. The summed E-state index contributed by atoms with van der Waals surface area (Å²) in [4.78, 5) is 11.9. The summed E-state index contributed by atoms with van der Waals surface area (Å²) in [5.74, 6) is 0.428. The molecule has 1 aromatic heterocycles. The van der Waals surface area contributed by atoms with E-state index < -0.39 is 0 Å². The van der Waals surface area contributed by atoms with E-state index in [1.165, 1.54) is 6.26 Å². The largest absolute Gasteiger partial charge is 0.469 e. The first-order chi connectivity index (χ1) is 8.72. The van der Waals surface area contributed by atoms with Crippen molar-refractivity contribution in [2.75, 3.05) is 0 Å². The van der Waals surface area contributed by atoms with E-state index in [4.69, 9.17) is 4.42 Å². The van der Waals surface area contributed by atoms with Gasteiger partial charge >= 0.3 is 0 Å². The molecule has 2 N–H and O–H groups in total. The first-order valence-electron chi connectivity index (χ1n) is 5.72. The van der Waals surface area contributed by atoms with Crippen LogP contribution in [0.5, 0.6) is 0 Å². The second kappa shape index (κ2) is 5.51. The third kappa shape index (κ3) is 2.60. The van der Waals surface area contributed by atoms with Crippen molar-refractivity contribution in [1.82, 2.24) is 5.32 Å². The van der Waals surface area contributed by atoms with E-state index in [-0.39, 0.29) is 12.5 Å². The van der Waals surface area contributed by atoms with Gasteiger partial charge in [0.05, 0.1) is 18.4 Å². The molecule has 2 aromatic rings. The molecule has 4 heteroatoms. The van der Waals surface area contributed by atoms with Crippen molar-refractivity contribution in [3.8, 4) is 0 Å². The van der Waals surface area contributed by atoms with Gasteiger partial charge in [0.2, 0.25) is 0 Å². The number of nitrogens with one attached hydrogen (secondary N) is 1. The van der Waals surface area contributed by atoms with Crippen molar-refractivity contribution in [1.29, 1.82) is 0 Å². The Bertz CT molecular complexity index is 545. The molecule has 0 atom stereocenters. The van der Waals surface area contributed by atoms with E-state index in [0.29, 0.717) is 17.9 Å². The molecule has 0 radical (unpaired) electrons. The lowest BCUT2D eigenvalue weighted by Crippen LogP contribution is -2.23. The number of aliphatic hydroxyl groups is 1. The maximum absolute atomic E-state index is 11.9. The van der Waals surface area contributed by atoms with Gasteiger partial charge in [0.15, 0.2) is 0 Å². The molecule has 0 aliphatic carbocycles. The Balaban J connectivity index is 2.04. The normalized spacial score (nSPS) is 10.3. The summed E-state index contributed by atoms with van der Waals surface area (Å²) in [5, 5.41) is 12.0. The van der Waals surface area contributed by atoms with Crippen molar-refractivity contribution < 1.29 is 14.3 Å². The number of carbonyl (C=O) groups is 1. The molecule has 0 bridgehead atoms. The van der Waals surface area contributed by atoms with Crippen molar-refractivity contribution in [3.63, 3.8) is 0 Å². The van der Waals surface area contributed by atoms with Gasteiger partial charge in [-0.1, -0.05) is 24.3 Å². The maximum atomic E-state index is 11.9. The fraction of sp³-hybridized carbons (Fsp3) is 0.214. The van der Waals surface area contributed by atoms with Crippen LogP contribution in [0.4, 0.5) is 0 Å². The lowest BCUT2D eigenvalue weighted by Gasteiger charge is -2.08. The SMILES string of the molecule is Cc1occc1C(=O)NCc1ccccc1CO. The number of aryl methyl sites for hydroxylation is 1. The molecule has 0 fully saturated rings. The zero-order chi connectivity index (χ0) is 13.0. The molecule has 1 heterocycles. The van der Waals surface area contributed by atoms with Crippen LogP contribution in [0.15, 0.2) is 41.0 Å². The Morgan fingerprint density at radius 3 is 2.61 bits per heavy atom. The number of rotatable bonds is 4. The minimum absolute atomic E-state index is 0.0310. The summed E-state index contributed by atoms with van der Waals surface area (Å²) in [7, 11) is 0. The van der Waals surface area contributed by atoms with E-state index in [9.17, 15) is 9.90 Å². The van der Waals surface area contributed by atoms with E-state index in [1.54, 1.807) is 13.0 Å². The van der Waals surface area contributed by atoms with Gasteiger partial charge in [0, 0.05) is 6.54 Å². The monoisotopic (exact) mass is 245 g/mol. The van der Waals surface area contributed by atoms with Crippen LogP contribution in [0, 0.1) is 6.92 Å². The summed E-state index contributed by atoms with van der Waals surface area (Å²) in [6, 6.07) is 9.10. The van der Waals surface area contributed by atoms with Crippen LogP contribution in [-0.2, 0) is 13.2 Å². The van der Waals surface area contributed by atoms with Crippen LogP contribution in [-0.4, -0.2) is 11.0 Å². The molecule has 1 amide bonds. The fourth-order valence-corrected chi connectivity index (χ4v) is 1.78. The Morgan fingerprint density at radius 2 is 2.00 bits per heavy atom. The molecule has 0 aliphatic heterocycles. The smallest absolute Gasteiger partial charge is 0.255 e. The molecule has 4 nitrogen and oxygen atoms in total. The van der Waals surface area contributed by atoms with Crippen LogP contribution < -0.4 is 5.32 Å². The summed E-state index contributed by atoms with van der Waals surface area (Å²) in [6.45, 7) is 2.10. The number of amides is 1. The lowest BCUT2D eigenvalue weighted by atomic mass is 10.1. The van der Waals surface area contributed by atoms with Gasteiger partial charge in [0.1, 0.15) is 5.76 Å². The van der Waals surface area contributed by atoms with Gasteiger partial charge in [-0.05, 0) is 24.1 Å². The average Bonchev–Trinajstić information content (AvgIpc) is 2.82. The van der Waals surface area contributed by atoms with Gasteiger partial charge in [0.25, 0.3) is 5.91 Å². The van der Waals surface area contributed by atoms with Crippen molar-refractivity contribution in [2.24, 2.45) is 0 Å². The first-order valence-corrected chi connectivity index (χ1v) is 5.72. The van der Waals surface area contributed by atoms with Crippen LogP contribution >= 0.6 is 0 Å². The van der Waals surface area contributed by atoms with Gasteiger partial charge in [-0.3, -0.25) is 4.79 Å². The van der Waals surface area contributed by atoms with Crippen molar-refractivity contribution >= 4 is 5.91 Å². The van der Waals surface area contributed by atoms with Gasteiger partial charge in [-0.2, -0.15) is 0 Å². The Hall–Kier alpha value is -2.07. The van der Waals surface area contributed by atoms with Crippen molar-refractivity contribution in [2.45, 2.75) is 20.1 Å². The first kappa shape index (κ1) is 12.4. The minimum Gasteiger partial charge on any atom is -0.469 e. The zero-order valence-corrected chi connectivity index (χ0v) is 10.1. The number of hydrogen-bond donors (Lipinski definition) is 2. The minimum atomic E-state index is -0.172. The highest BCUT2D eigenvalue weighted by molar-refractivity contribution is 5.94. The Labute approximate surface area is 105 Å². The predicted octanol–water partition coefficient (Wildman–Crippen LogP) is 2.01. The third-order valence-electron chi connectivity index (χ3n) is 2.83. The van der Waals surface area contributed by atoms with Gasteiger partial charge in [-0.15, -0.1) is 0 Å². The number of carbonyl (C=O) groups excluding carboxylic acids is 1. The average molecular weight is 245 g/mol. The zero-order valence-electron chi connectivity index (χ0n) is 10.1. The summed E-state index contributed by atoms with van der Waals surface area (Å²) >= 11 is 0. The quantitative estimate of drug-likeness (QED) is 0.866. The standard InChI is InChI=1S/C14H15NO3/c1-10-13(6-7-18-10)14(17)15-8-11-4-2-3-5-12(11)9-16/h2-7,16H,8-9H2,1H3,(H,15,17).